The van der Waals surface area contributed by atoms with Gasteiger partial charge in [0, 0.05) is 19.1 Å². The van der Waals surface area contributed by atoms with Crippen molar-refractivity contribution in [1.82, 2.24) is 9.80 Å². The molecule has 1 aromatic rings. The van der Waals surface area contributed by atoms with Crippen molar-refractivity contribution < 1.29 is 9.59 Å². The number of hydrogen-bond donors (Lipinski definition) is 0. The SMILES string of the molecule is O=C(Cc1ccccc1)N1CCCC1C(=O)N1CCCC2CCCC21. The van der Waals surface area contributed by atoms with Gasteiger partial charge in [-0.25, -0.2) is 0 Å². The second-order valence-electron chi connectivity index (χ2n) is 7.84. The minimum atomic E-state index is -0.226. The zero-order chi connectivity index (χ0) is 17.2. The lowest BCUT2D eigenvalue weighted by molar-refractivity contribution is -0.146. The molecule has 4 rings (SSSR count). The lowest BCUT2D eigenvalue weighted by atomic mass is 9.91. The molecule has 2 saturated heterocycles. The summed E-state index contributed by atoms with van der Waals surface area (Å²) in [6, 6.07) is 10.1. The molecular formula is C21H28N2O2. The monoisotopic (exact) mass is 340 g/mol. The van der Waals surface area contributed by atoms with Gasteiger partial charge in [0.25, 0.3) is 0 Å². The predicted octanol–water partition coefficient (Wildman–Crippen LogP) is 3.01. The highest BCUT2D eigenvalue weighted by molar-refractivity contribution is 5.89. The van der Waals surface area contributed by atoms with Gasteiger partial charge in [-0.1, -0.05) is 36.8 Å². The topological polar surface area (TPSA) is 40.6 Å². The smallest absolute Gasteiger partial charge is 0.245 e. The summed E-state index contributed by atoms with van der Waals surface area (Å²) in [7, 11) is 0. The van der Waals surface area contributed by atoms with E-state index in [1.807, 2.05) is 35.2 Å². The third-order valence-electron chi connectivity index (χ3n) is 6.33. The van der Waals surface area contributed by atoms with Crippen LogP contribution in [0, 0.1) is 5.92 Å². The van der Waals surface area contributed by atoms with Crippen LogP contribution in [0.5, 0.6) is 0 Å². The highest BCUT2D eigenvalue weighted by Gasteiger charge is 2.42. The molecule has 4 heteroatoms. The van der Waals surface area contributed by atoms with Gasteiger partial charge in [-0.05, 0) is 50.0 Å². The molecule has 2 aliphatic heterocycles. The Morgan fingerprint density at radius 1 is 0.880 bits per heavy atom. The van der Waals surface area contributed by atoms with Crippen molar-refractivity contribution in [3.63, 3.8) is 0 Å². The van der Waals surface area contributed by atoms with E-state index in [-0.39, 0.29) is 17.9 Å². The molecule has 0 aromatic heterocycles. The molecule has 4 nitrogen and oxygen atoms in total. The Bertz CT molecular complexity index is 630. The van der Waals surface area contributed by atoms with E-state index in [1.165, 1.54) is 19.3 Å². The first-order valence-electron chi connectivity index (χ1n) is 9.88. The number of nitrogens with zero attached hydrogens (tertiary/aromatic N) is 2. The van der Waals surface area contributed by atoms with Crippen LogP contribution in [0.3, 0.4) is 0 Å². The van der Waals surface area contributed by atoms with Gasteiger partial charge < -0.3 is 9.80 Å². The van der Waals surface area contributed by atoms with Crippen LogP contribution in [-0.4, -0.2) is 46.8 Å². The maximum Gasteiger partial charge on any atom is 0.245 e. The van der Waals surface area contributed by atoms with Gasteiger partial charge in [0.15, 0.2) is 0 Å². The lowest BCUT2D eigenvalue weighted by Gasteiger charge is -2.40. The fraction of sp³-hybridized carbons (Fsp3) is 0.619. The third-order valence-corrected chi connectivity index (χ3v) is 6.33. The summed E-state index contributed by atoms with van der Waals surface area (Å²) in [5, 5.41) is 0. The standard InChI is InChI=1S/C21H28N2O2/c24-20(15-16-7-2-1-3-8-16)22-13-6-12-19(22)21(25)23-14-5-10-17-9-4-11-18(17)23/h1-3,7-8,17-19H,4-6,9-15H2. The first-order valence-corrected chi connectivity index (χ1v) is 9.88. The number of amides is 2. The van der Waals surface area contributed by atoms with Crippen LogP contribution >= 0.6 is 0 Å². The Morgan fingerprint density at radius 3 is 2.44 bits per heavy atom. The minimum absolute atomic E-state index is 0.0991. The Hall–Kier alpha value is -1.84. The second kappa shape index (κ2) is 7.19. The Morgan fingerprint density at radius 2 is 1.60 bits per heavy atom. The molecule has 1 aromatic carbocycles. The van der Waals surface area contributed by atoms with Crippen molar-refractivity contribution in [3.05, 3.63) is 35.9 Å². The maximum absolute atomic E-state index is 13.2. The molecule has 3 aliphatic rings. The molecule has 0 bridgehead atoms. The van der Waals surface area contributed by atoms with E-state index < -0.39 is 0 Å². The largest absolute Gasteiger partial charge is 0.338 e. The molecule has 0 spiro atoms. The zero-order valence-corrected chi connectivity index (χ0v) is 14.9. The normalized spacial score (nSPS) is 28.9. The van der Waals surface area contributed by atoms with E-state index in [2.05, 4.69) is 4.90 Å². The van der Waals surface area contributed by atoms with Crippen molar-refractivity contribution in [2.75, 3.05) is 13.1 Å². The van der Waals surface area contributed by atoms with Gasteiger partial charge >= 0.3 is 0 Å². The number of fused-ring (bicyclic) bond motifs is 1. The molecule has 2 amide bonds. The van der Waals surface area contributed by atoms with Gasteiger partial charge in [-0.2, -0.15) is 0 Å². The molecule has 0 N–H and O–H groups in total. The molecule has 3 fully saturated rings. The summed E-state index contributed by atoms with van der Waals surface area (Å²) < 4.78 is 0. The number of benzene rings is 1. The molecule has 3 atom stereocenters. The van der Waals surface area contributed by atoms with Crippen molar-refractivity contribution in [2.24, 2.45) is 5.92 Å². The fourth-order valence-electron chi connectivity index (χ4n) is 5.11. The van der Waals surface area contributed by atoms with Crippen LogP contribution in [0.1, 0.15) is 50.5 Å². The van der Waals surface area contributed by atoms with Gasteiger partial charge in [0.1, 0.15) is 6.04 Å². The van der Waals surface area contributed by atoms with E-state index >= 15 is 0 Å². The molecule has 3 unspecified atom stereocenters. The number of hydrogen-bond acceptors (Lipinski definition) is 2. The van der Waals surface area contributed by atoms with Crippen molar-refractivity contribution >= 4 is 11.8 Å². The third kappa shape index (κ3) is 3.31. The Kier molecular flexibility index (Phi) is 4.78. The van der Waals surface area contributed by atoms with E-state index in [9.17, 15) is 9.59 Å². The number of rotatable bonds is 3. The van der Waals surface area contributed by atoms with Crippen molar-refractivity contribution in [3.8, 4) is 0 Å². The van der Waals surface area contributed by atoms with Crippen molar-refractivity contribution in [1.29, 1.82) is 0 Å². The van der Waals surface area contributed by atoms with E-state index in [1.54, 1.807) is 0 Å². The lowest BCUT2D eigenvalue weighted by Crippen LogP contribution is -2.54. The summed E-state index contributed by atoms with van der Waals surface area (Å²) in [4.78, 5) is 30.0. The first kappa shape index (κ1) is 16.6. The second-order valence-corrected chi connectivity index (χ2v) is 7.84. The van der Waals surface area contributed by atoms with E-state index in [4.69, 9.17) is 0 Å². The van der Waals surface area contributed by atoms with Crippen LogP contribution in [-0.2, 0) is 16.0 Å². The number of carbonyl (C=O) groups is 2. The van der Waals surface area contributed by atoms with Crippen LogP contribution in [0.2, 0.25) is 0 Å². The molecule has 1 saturated carbocycles. The quantitative estimate of drug-likeness (QED) is 0.849. The van der Waals surface area contributed by atoms with Gasteiger partial charge in [0.2, 0.25) is 11.8 Å². The molecule has 134 valence electrons. The molecule has 25 heavy (non-hydrogen) atoms. The zero-order valence-electron chi connectivity index (χ0n) is 14.9. The highest BCUT2D eigenvalue weighted by Crippen LogP contribution is 2.37. The fourth-order valence-corrected chi connectivity index (χ4v) is 5.11. The van der Waals surface area contributed by atoms with Gasteiger partial charge in [0.05, 0.1) is 6.42 Å². The number of carbonyl (C=O) groups excluding carboxylic acids is 2. The summed E-state index contributed by atoms with van der Waals surface area (Å²) in [5.74, 6) is 1.02. The van der Waals surface area contributed by atoms with Gasteiger partial charge in [-0.15, -0.1) is 0 Å². The van der Waals surface area contributed by atoms with E-state index in [0.29, 0.717) is 18.4 Å². The molecule has 1 aliphatic carbocycles. The van der Waals surface area contributed by atoms with Crippen LogP contribution < -0.4 is 0 Å². The molecule has 0 radical (unpaired) electrons. The average Bonchev–Trinajstić information content (AvgIpc) is 3.31. The maximum atomic E-state index is 13.2. The Labute approximate surface area is 150 Å². The molecular weight excluding hydrogens is 312 g/mol. The van der Waals surface area contributed by atoms with Crippen molar-refractivity contribution in [2.45, 2.75) is 63.5 Å². The van der Waals surface area contributed by atoms with Crippen LogP contribution in [0.15, 0.2) is 30.3 Å². The summed E-state index contributed by atoms with van der Waals surface area (Å²) in [6.07, 6.45) is 8.24. The summed E-state index contributed by atoms with van der Waals surface area (Å²) in [6.45, 7) is 1.61. The first-order chi connectivity index (χ1) is 12.2. The molecule has 2 heterocycles. The average molecular weight is 340 g/mol. The summed E-state index contributed by atoms with van der Waals surface area (Å²) >= 11 is 0. The van der Waals surface area contributed by atoms with E-state index in [0.717, 1.165) is 44.3 Å². The van der Waals surface area contributed by atoms with Gasteiger partial charge in [-0.3, -0.25) is 9.59 Å². The predicted molar refractivity (Wildman–Crippen MR) is 97.0 cm³/mol. The number of piperidine rings is 1. The number of likely N-dealkylation sites (tertiary alicyclic amines) is 2. The summed E-state index contributed by atoms with van der Waals surface area (Å²) in [5.41, 5.74) is 1.03. The Balaban J connectivity index is 1.45. The van der Waals surface area contributed by atoms with Crippen LogP contribution in [0.25, 0.3) is 0 Å². The minimum Gasteiger partial charge on any atom is -0.338 e. The van der Waals surface area contributed by atoms with Crippen LogP contribution in [0.4, 0.5) is 0 Å². The highest BCUT2D eigenvalue weighted by atomic mass is 16.2.